The zero-order chi connectivity index (χ0) is 6.69. The maximum atomic E-state index is 10.3. The van der Waals surface area contributed by atoms with Crippen molar-refractivity contribution in [2.24, 2.45) is 0 Å². The Kier molecular flexibility index (Phi) is 4.08. The Hall–Kier alpha value is -0.531. The summed E-state index contributed by atoms with van der Waals surface area (Å²) in [5.74, 6) is 0.337. The predicted octanol–water partition coefficient (Wildman–Crippen LogP) is 1.20. The fourth-order valence-corrected chi connectivity index (χ4v) is 0.590. The van der Waals surface area contributed by atoms with E-state index >= 15 is 0 Å². The first-order valence-electron chi connectivity index (χ1n) is 2.69. The van der Waals surface area contributed by atoms with Crippen LogP contribution in [0, 0.1) is 6.42 Å². The molecule has 0 aromatic carbocycles. The number of esters is 1. The molecular weight excluding hydrogens is 172 g/mol. The smallest absolute Gasteiger partial charge is 0.307 e. The summed E-state index contributed by atoms with van der Waals surface area (Å²) < 4.78 is 4.72. The minimum atomic E-state index is -0.277. The first kappa shape index (κ1) is 9.47. The van der Waals surface area contributed by atoms with Crippen molar-refractivity contribution < 1.29 is 26.6 Å². The Morgan fingerprint density at radius 3 is 2.60 bits per heavy atom. The summed E-state index contributed by atoms with van der Waals surface area (Å²) in [6.07, 6.45) is 7.11. The molecule has 0 atom stereocenters. The fraction of sp³-hybridized carbons (Fsp3) is 0.143. The monoisotopic (exact) mass is 179 g/mol. The van der Waals surface area contributed by atoms with Crippen molar-refractivity contribution in [3.8, 4) is 0 Å². The van der Waals surface area contributed by atoms with Gasteiger partial charge < -0.3 is 4.74 Å². The molecule has 2 nitrogen and oxygen atoms in total. The van der Waals surface area contributed by atoms with Gasteiger partial charge in [-0.3, -0.25) is 4.79 Å². The Bertz CT molecular complexity index is 182. The number of carbonyl (C=O) groups excluding carboxylic acids is 1. The van der Waals surface area contributed by atoms with Crippen LogP contribution in [0.25, 0.3) is 0 Å². The van der Waals surface area contributed by atoms with E-state index in [9.17, 15) is 4.79 Å². The van der Waals surface area contributed by atoms with E-state index < -0.39 is 0 Å². The van der Waals surface area contributed by atoms with E-state index in [4.69, 9.17) is 4.74 Å². The van der Waals surface area contributed by atoms with E-state index in [1.165, 1.54) is 6.92 Å². The molecule has 1 rings (SSSR count). The van der Waals surface area contributed by atoms with Gasteiger partial charge in [-0.1, -0.05) is 12.2 Å². The molecule has 55 valence electrons. The second kappa shape index (κ2) is 4.31. The maximum Gasteiger partial charge on any atom is 0.307 e. The SMILES string of the molecule is CC(=O)OC1=CC=C[CH]1.[Fe]. The van der Waals surface area contributed by atoms with Gasteiger partial charge in [0.25, 0.3) is 0 Å². The normalized spacial score (nSPS) is 13.9. The number of hydrogen-bond donors (Lipinski definition) is 0. The minimum absolute atomic E-state index is 0. The second-order valence-electron chi connectivity index (χ2n) is 1.71. The van der Waals surface area contributed by atoms with Crippen molar-refractivity contribution in [2.45, 2.75) is 6.92 Å². The molecule has 1 aliphatic carbocycles. The van der Waals surface area contributed by atoms with Crippen molar-refractivity contribution in [2.75, 3.05) is 0 Å². The number of ether oxygens (including phenoxy) is 1. The third kappa shape index (κ3) is 2.85. The topological polar surface area (TPSA) is 26.3 Å². The summed E-state index contributed by atoms with van der Waals surface area (Å²) >= 11 is 0. The Morgan fingerprint density at radius 1 is 1.50 bits per heavy atom. The molecule has 0 saturated carbocycles. The number of rotatable bonds is 1. The van der Waals surface area contributed by atoms with E-state index in [-0.39, 0.29) is 23.0 Å². The van der Waals surface area contributed by atoms with Gasteiger partial charge in [-0.05, 0) is 6.08 Å². The van der Waals surface area contributed by atoms with Crippen molar-refractivity contribution in [1.29, 1.82) is 0 Å². The van der Waals surface area contributed by atoms with Crippen LogP contribution in [0.3, 0.4) is 0 Å². The molecule has 0 bridgehead atoms. The van der Waals surface area contributed by atoms with Gasteiger partial charge in [0, 0.05) is 30.4 Å². The van der Waals surface area contributed by atoms with E-state index in [0.717, 1.165) is 0 Å². The van der Waals surface area contributed by atoms with Crippen LogP contribution >= 0.6 is 0 Å². The van der Waals surface area contributed by atoms with Crippen LogP contribution < -0.4 is 0 Å². The van der Waals surface area contributed by atoms with Crippen LogP contribution in [-0.2, 0) is 26.6 Å². The predicted molar refractivity (Wildman–Crippen MR) is 33.3 cm³/mol. The molecular formula is C7H7FeO2. The third-order valence-corrected chi connectivity index (χ3v) is 0.894. The van der Waals surface area contributed by atoms with E-state index in [0.29, 0.717) is 5.76 Å². The molecule has 0 heterocycles. The average molecular weight is 179 g/mol. The van der Waals surface area contributed by atoms with Crippen LogP contribution in [0.4, 0.5) is 0 Å². The molecule has 10 heavy (non-hydrogen) atoms. The largest absolute Gasteiger partial charge is 0.431 e. The number of carbonyl (C=O) groups is 1. The van der Waals surface area contributed by atoms with Crippen LogP contribution in [0.15, 0.2) is 24.0 Å². The number of allylic oxidation sites excluding steroid dienone is 3. The van der Waals surface area contributed by atoms with Gasteiger partial charge in [-0.15, -0.1) is 0 Å². The van der Waals surface area contributed by atoms with Gasteiger partial charge in [0.1, 0.15) is 5.76 Å². The quantitative estimate of drug-likeness (QED) is 0.446. The molecule has 3 heteroatoms. The molecule has 0 aromatic heterocycles. The van der Waals surface area contributed by atoms with E-state index in [2.05, 4.69) is 0 Å². The number of hydrogen-bond acceptors (Lipinski definition) is 2. The van der Waals surface area contributed by atoms with Gasteiger partial charge >= 0.3 is 5.97 Å². The minimum Gasteiger partial charge on any atom is -0.431 e. The van der Waals surface area contributed by atoms with Crippen LogP contribution in [-0.4, -0.2) is 5.97 Å². The zero-order valence-corrected chi connectivity index (χ0v) is 6.58. The fourth-order valence-electron chi connectivity index (χ4n) is 0.590. The zero-order valence-electron chi connectivity index (χ0n) is 5.48. The second-order valence-corrected chi connectivity index (χ2v) is 1.71. The van der Waals surface area contributed by atoms with Gasteiger partial charge in [0.2, 0.25) is 0 Å². The average Bonchev–Trinajstić information content (AvgIpc) is 2.15. The molecule has 0 aliphatic heterocycles. The Morgan fingerprint density at radius 2 is 2.20 bits per heavy atom. The molecule has 0 aromatic rings. The molecule has 1 aliphatic rings. The van der Waals surface area contributed by atoms with Gasteiger partial charge in [-0.2, -0.15) is 0 Å². The van der Waals surface area contributed by atoms with Crippen molar-refractivity contribution in [3.63, 3.8) is 0 Å². The molecule has 1 radical (unpaired) electrons. The van der Waals surface area contributed by atoms with Crippen LogP contribution in [0.5, 0.6) is 0 Å². The maximum absolute atomic E-state index is 10.3. The molecule has 0 unspecified atom stereocenters. The molecule has 0 spiro atoms. The summed E-state index contributed by atoms with van der Waals surface area (Å²) in [6, 6.07) is 0. The van der Waals surface area contributed by atoms with Crippen molar-refractivity contribution in [1.82, 2.24) is 0 Å². The summed E-state index contributed by atoms with van der Waals surface area (Å²) in [6.45, 7) is 1.38. The Labute approximate surface area is 70.4 Å². The molecule has 0 amide bonds. The Balaban J connectivity index is 0.000000810. The molecule has 0 saturated heterocycles. The van der Waals surface area contributed by atoms with E-state index in [1.54, 1.807) is 12.5 Å². The summed E-state index contributed by atoms with van der Waals surface area (Å²) in [5.41, 5.74) is 0. The van der Waals surface area contributed by atoms with Crippen molar-refractivity contribution in [3.05, 3.63) is 30.4 Å². The van der Waals surface area contributed by atoms with Gasteiger partial charge in [0.15, 0.2) is 0 Å². The van der Waals surface area contributed by atoms with E-state index in [1.807, 2.05) is 12.2 Å². The molecule has 0 N–H and O–H groups in total. The van der Waals surface area contributed by atoms with Gasteiger partial charge in [0.05, 0.1) is 0 Å². The first-order valence-corrected chi connectivity index (χ1v) is 2.69. The standard InChI is InChI=1S/C7H7O2.Fe/c1-6(8)9-7-4-2-3-5-7;/h2-5H,1H3;. The van der Waals surface area contributed by atoms with Crippen molar-refractivity contribution >= 4 is 5.97 Å². The first-order chi connectivity index (χ1) is 4.29. The van der Waals surface area contributed by atoms with Crippen LogP contribution in [0.2, 0.25) is 0 Å². The molecule has 0 fully saturated rings. The summed E-state index contributed by atoms with van der Waals surface area (Å²) in [4.78, 5) is 10.3. The van der Waals surface area contributed by atoms with Gasteiger partial charge in [-0.25, -0.2) is 0 Å². The van der Waals surface area contributed by atoms with Crippen LogP contribution in [0.1, 0.15) is 6.92 Å². The summed E-state index contributed by atoms with van der Waals surface area (Å²) in [5, 5.41) is 0. The summed E-state index contributed by atoms with van der Waals surface area (Å²) in [7, 11) is 0. The third-order valence-electron chi connectivity index (χ3n) is 0.894.